The molecule has 0 spiro atoms. The maximum Gasteiger partial charge on any atom is 0.164 e. The zero-order valence-electron chi connectivity index (χ0n) is 32.0. The molecule has 11 rings (SSSR count). The normalized spacial score (nSPS) is 11.4. The van der Waals surface area contributed by atoms with Gasteiger partial charge in [-0.3, -0.25) is 0 Å². The number of benzene rings is 9. The summed E-state index contributed by atoms with van der Waals surface area (Å²) in [5.41, 5.74) is 13.4. The third kappa shape index (κ3) is 6.43. The van der Waals surface area contributed by atoms with Crippen LogP contribution in [0.5, 0.6) is 0 Å². The highest BCUT2D eigenvalue weighted by atomic mass is 16.3. The van der Waals surface area contributed by atoms with Gasteiger partial charge in [-0.2, -0.15) is 0 Å². The summed E-state index contributed by atoms with van der Waals surface area (Å²) in [4.78, 5) is 15.6. The van der Waals surface area contributed by atoms with Crippen LogP contribution in [-0.4, -0.2) is 15.0 Å². The van der Waals surface area contributed by atoms with Gasteiger partial charge in [0.15, 0.2) is 17.5 Å². The van der Waals surface area contributed by atoms with Gasteiger partial charge in [0.2, 0.25) is 0 Å². The molecule has 0 aliphatic heterocycles. The van der Waals surface area contributed by atoms with E-state index in [1.807, 2.05) is 30.3 Å². The standard InChI is InChI=1S/C55H35N3O/c1-4-13-36(14-5-1)39-25-27-40(28-26-39)53-56-54(46-32-31-43-33-42(29-30-44(43)35-46)38-17-8-3-9-18-38)58-55(57-53)49-23-12-24-50-51(49)48-22-11-21-47(52(48)59-50)45-20-10-19-41(34-45)37-15-6-2-7-16-37/h1-35H. The Morgan fingerprint density at radius 2 is 0.746 bits per heavy atom. The van der Waals surface area contributed by atoms with Gasteiger partial charge in [0.05, 0.1) is 0 Å². The lowest BCUT2D eigenvalue weighted by Gasteiger charge is -2.11. The molecule has 0 atom stereocenters. The molecule has 4 nitrogen and oxygen atoms in total. The van der Waals surface area contributed by atoms with E-state index < -0.39 is 0 Å². The van der Waals surface area contributed by atoms with Crippen LogP contribution in [0.4, 0.5) is 0 Å². The average molecular weight is 754 g/mol. The van der Waals surface area contributed by atoms with E-state index in [0.29, 0.717) is 17.5 Å². The molecule has 0 aliphatic carbocycles. The Labute approximate surface area is 341 Å². The van der Waals surface area contributed by atoms with Crippen LogP contribution in [0.2, 0.25) is 0 Å². The summed E-state index contributed by atoms with van der Waals surface area (Å²) in [7, 11) is 0. The van der Waals surface area contributed by atoms with Crippen molar-refractivity contribution in [1.29, 1.82) is 0 Å². The van der Waals surface area contributed by atoms with Crippen molar-refractivity contribution in [2.75, 3.05) is 0 Å². The molecular formula is C55H35N3O. The predicted octanol–water partition coefficient (Wildman–Crippen LogP) is 14.6. The second-order valence-electron chi connectivity index (χ2n) is 14.8. The Kier molecular flexibility index (Phi) is 8.45. The van der Waals surface area contributed by atoms with Crippen molar-refractivity contribution < 1.29 is 4.42 Å². The molecule has 4 heteroatoms. The van der Waals surface area contributed by atoms with Crippen molar-refractivity contribution in [2.24, 2.45) is 0 Å². The molecule has 9 aromatic carbocycles. The molecule has 0 aliphatic rings. The molecule has 0 saturated heterocycles. The van der Waals surface area contributed by atoms with Gasteiger partial charge in [-0.1, -0.05) is 188 Å². The first-order valence-electron chi connectivity index (χ1n) is 19.8. The minimum Gasteiger partial charge on any atom is -0.455 e. The van der Waals surface area contributed by atoms with Crippen molar-refractivity contribution in [3.63, 3.8) is 0 Å². The fourth-order valence-electron chi connectivity index (χ4n) is 8.15. The molecule has 0 bridgehead atoms. The summed E-state index contributed by atoms with van der Waals surface area (Å²) in [6.07, 6.45) is 0. The number of hydrogen-bond acceptors (Lipinski definition) is 4. The summed E-state index contributed by atoms with van der Waals surface area (Å²) >= 11 is 0. The van der Waals surface area contributed by atoms with Crippen molar-refractivity contribution in [3.8, 4) is 78.7 Å². The Balaban J connectivity index is 1.06. The molecule has 0 radical (unpaired) electrons. The molecule has 0 fully saturated rings. The number of fused-ring (bicyclic) bond motifs is 4. The smallest absolute Gasteiger partial charge is 0.164 e. The summed E-state index contributed by atoms with van der Waals surface area (Å²) < 4.78 is 6.75. The highest BCUT2D eigenvalue weighted by Gasteiger charge is 2.20. The highest BCUT2D eigenvalue weighted by molar-refractivity contribution is 6.15. The lowest BCUT2D eigenvalue weighted by Crippen LogP contribution is -2.00. The van der Waals surface area contributed by atoms with E-state index >= 15 is 0 Å². The number of hydrogen-bond donors (Lipinski definition) is 0. The summed E-state index contributed by atoms with van der Waals surface area (Å²) in [6.45, 7) is 0. The molecule has 0 amide bonds. The first kappa shape index (κ1) is 34.3. The van der Waals surface area contributed by atoms with Crippen LogP contribution < -0.4 is 0 Å². The SMILES string of the molecule is c1ccc(-c2ccc(-c3nc(-c4ccc5cc(-c6ccccc6)ccc5c4)nc(-c4cccc5oc6c(-c7cccc(-c8ccccc8)c7)cccc6c45)n3)cc2)cc1. The maximum absolute atomic E-state index is 6.75. The van der Waals surface area contributed by atoms with Crippen molar-refractivity contribution in [2.45, 2.75) is 0 Å². The summed E-state index contributed by atoms with van der Waals surface area (Å²) in [5.74, 6) is 1.79. The third-order valence-corrected chi connectivity index (χ3v) is 11.1. The van der Waals surface area contributed by atoms with E-state index in [1.165, 1.54) is 16.7 Å². The minimum atomic E-state index is 0.585. The number of nitrogens with zero attached hydrogens (tertiary/aromatic N) is 3. The van der Waals surface area contributed by atoms with Gasteiger partial charge in [-0.05, 0) is 74.0 Å². The van der Waals surface area contributed by atoms with Crippen molar-refractivity contribution in [3.05, 3.63) is 212 Å². The highest BCUT2D eigenvalue weighted by Crippen LogP contribution is 2.41. The zero-order chi connectivity index (χ0) is 39.1. The minimum absolute atomic E-state index is 0.585. The molecule has 11 aromatic rings. The Morgan fingerprint density at radius 1 is 0.288 bits per heavy atom. The van der Waals surface area contributed by atoms with Crippen LogP contribution in [0.1, 0.15) is 0 Å². The molecule has 0 saturated carbocycles. The number of rotatable bonds is 7. The topological polar surface area (TPSA) is 51.8 Å². The summed E-state index contributed by atoms with van der Waals surface area (Å²) in [6, 6.07) is 74.0. The quantitative estimate of drug-likeness (QED) is 0.163. The van der Waals surface area contributed by atoms with Gasteiger partial charge >= 0.3 is 0 Å². The number of para-hydroxylation sites is 1. The lowest BCUT2D eigenvalue weighted by atomic mass is 9.97. The maximum atomic E-state index is 6.75. The summed E-state index contributed by atoms with van der Waals surface area (Å²) in [5, 5.41) is 4.25. The Hall–Kier alpha value is -7.95. The zero-order valence-corrected chi connectivity index (χ0v) is 32.0. The van der Waals surface area contributed by atoms with Gasteiger partial charge in [0.1, 0.15) is 11.2 Å². The monoisotopic (exact) mass is 753 g/mol. The van der Waals surface area contributed by atoms with Crippen LogP contribution in [0.3, 0.4) is 0 Å². The largest absolute Gasteiger partial charge is 0.455 e. The molecular weight excluding hydrogens is 719 g/mol. The third-order valence-electron chi connectivity index (χ3n) is 11.1. The van der Waals surface area contributed by atoms with Crippen molar-refractivity contribution in [1.82, 2.24) is 15.0 Å². The first-order valence-corrected chi connectivity index (χ1v) is 19.8. The van der Waals surface area contributed by atoms with E-state index in [1.54, 1.807) is 0 Å². The Bertz CT molecular complexity index is 3300. The van der Waals surface area contributed by atoms with Crippen LogP contribution in [-0.2, 0) is 0 Å². The van der Waals surface area contributed by atoms with E-state index in [4.69, 9.17) is 19.4 Å². The fraction of sp³-hybridized carbons (Fsp3) is 0. The number of aromatic nitrogens is 3. The van der Waals surface area contributed by atoms with Crippen LogP contribution in [0, 0.1) is 0 Å². The molecule has 2 heterocycles. The lowest BCUT2D eigenvalue weighted by molar-refractivity contribution is 0.670. The molecule has 0 N–H and O–H groups in total. The second kappa shape index (κ2) is 14.5. The fourth-order valence-corrected chi connectivity index (χ4v) is 8.15. The predicted molar refractivity (Wildman–Crippen MR) is 243 cm³/mol. The average Bonchev–Trinajstić information content (AvgIpc) is 3.71. The molecule has 0 unspecified atom stereocenters. The van der Waals surface area contributed by atoms with E-state index in [2.05, 4.69) is 182 Å². The number of furan rings is 1. The van der Waals surface area contributed by atoms with Crippen LogP contribution in [0.25, 0.3) is 111 Å². The van der Waals surface area contributed by atoms with Gasteiger partial charge in [0, 0.05) is 33.0 Å². The van der Waals surface area contributed by atoms with Crippen molar-refractivity contribution >= 4 is 32.7 Å². The van der Waals surface area contributed by atoms with Gasteiger partial charge in [-0.25, -0.2) is 15.0 Å². The van der Waals surface area contributed by atoms with Gasteiger partial charge in [-0.15, -0.1) is 0 Å². The first-order chi connectivity index (χ1) is 29.2. The molecule has 2 aromatic heterocycles. The Morgan fingerprint density at radius 3 is 1.44 bits per heavy atom. The second-order valence-corrected chi connectivity index (χ2v) is 14.8. The van der Waals surface area contributed by atoms with Gasteiger partial charge < -0.3 is 4.42 Å². The van der Waals surface area contributed by atoms with Crippen LogP contribution >= 0.6 is 0 Å². The van der Waals surface area contributed by atoms with Gasteiger partial charge in [0.25, 0.3) is 0 Å². The molecule has 59 heavy (non-hydrogen) atoms. The molecule has 276 valence electrons. The van der Waals surface area contributed by atoms with E-state index in [9.17, 15) is 0 Å². The van der Waals surface area contributed by atoms with E-state index in [-0.39, 0.29) is 0 Å². The van der Waals surface area contributed by atoms with Crippen LogP contribution in [0.15, 0.2) is 217 Å². The van der Waals surface area contributed by atoms with E-state index in [0.717, 1.165) is 77.2 Å².